The van der Waals surface area contributed by atoms with Crippen molar-refractivity contribution in [2.75, 3.05) is 0 Å². The maximum absolute atomic E-state index is 13.3. The fourth-order valence-electron chi connectivity index (χ4n) is 4.75. The molecule has 0 aliphatic carbocycles. The van der Waals surface area contributed by atoms with Gasteiger partial charge in [0, 0.05) is 28.1 Å². The summed E-state index contributed by atoms with van der Waals surface area (Å²) in [5, 5.41) is 11.8. The molecule has 4 heterocycles. The van der Waals surface area contributed by atoms with E-state index in [4.69, 9.17) is 26.1 Å². The minimum absolute atomic E-state index is 0.0858. The topological polar surface area (TPSA) is 108 Å². The number of nitrogens with zero attached hydrogens (tertiary/aromatic N) is 2. The van der Waals surface area contributed by atoms with Gasteiger partial charge in [-0.1, -0.05) is 20.3 Å². The summed E-state index contributed by atoms with van der Waals surface area (Å²) >= 11 is 5.40. The molecule has 8 nitrogen and oxygen atoms in total. The first kappa shape index (κ1) is 21.6. The van der Waals surface area contributed by atoms with Crippen molar-refractivity contribution < 1.29 is 24.2 Å². The van der Waals surface area contributed by atoms with Crippen LogP contribution in [0.4, 0.5) is 4.79 Å². The monoisotopic (exact) mass is 468 g/mol. The predicted octanol–water partition coefficient (Wildman–Crippen LogP) is 3.77. The molecule has 0 amide bonds. The molecule has 1 atom stereocenters. The number of ether oxygens (including phenoxy) is 2. The zero-order valence-electron chi connectivity index (χ0n) is 18.1. The number of halogens is 1. The normalized spacial score (nSPS) is 18.5. The van der Waals surface area contributed by atoms with Gasteiger partial charge in [-0.15, -0.1) is 0 Å². The highest BCUT2D eigenvalue weighted by molar-refractivity contribution is 6.61. The quantitative estimate of drug-likeness (QED) is 0.358. The van der Waals surface area contributed by atoms with Crippen LogP contribution in [0.15, 0.2) is 29.1 Å². The fraction of sp³-hybridized carbons (Fsp3) is 0.333. The Hall–Kier alpha value is -3.23. The molecular weight excluding hydrogens is 448 g/mol. The van der Waals surface area contributed by atoms with E-state index in [0.717, 1.165) is 28.5 Å². The smallest absolute Gasteiger partial charge is 0.409 e. The number of aromatic nitrogens is 2. The Balaban J connectivity index is 1.74. The van der Waals surface area contributed by atoms with E-state index in [0.29, 0.717) is 30.1 Å². The van der Waals surface area contributed by atoms with Crippen molar-refractivity contribution in [3.05, 3.63) is 56.9 Å². The molecule has 1 N–H and O–H groups in total. The molecule has 0 saturated carbocycles. The summed E-state index contributed by atoms with van der Waals surface area (Å²) in [6.45, 7) is 3.82. The number of carbonyl (C=O) groups excluding carboxylic acids is 2. The third kappa shape index (κ3) is 3.24. The lowest BCUT2D eigenvalue weighted by Crippen LogP contribution is -2.44. The van der Waals surface area contributed by atoms with Crippen molar-refractivity contribution >= 4 is 33.9 Å². The maximum atomic E-state index is 13.3. The highest BCUT2D eigenvalue weighted by Crippen LogP contribution is 2.39. The van der Waals surface area contributed by atoms with Crippen LogP contribution >= 0.6 is 11.6 Å². The number of hydrogen-bond donors (Lipinski definition) is 1. The minimum atomic E-state index is -1.87. The van der Waals surface area contributed by atoms with E-state index < -0.39 is 17.0 Å². The van der Waals surface area contributed by atoms with Crippen molar-refractivity contribution in [3.8, 4) is 17.1 Å². The Labute approximate surface area is 193 Å². The second kappa shape index (κ2) is 7.67. The van der Waals surface area contributed by atoms with E-state index in [-0.39, 0.29) is 29.7 Å². The van der Waals surface area contributed by atoms with E-state index in [2.05, 4.69) is 0 Å². The van der Waals surface area contributed by atoms with Gasteiger partial charge < -0.3 is 19.1 Å². The SMILES string of the molecule is CCCc1cc(OC(=O)Cl)cc2cc3c(nc12)-c1cc2c(c(=O)n1C3)COC(=O)[C@]2(O)CC. The van der Waals surface area contributed by atoms with Crippen LogP contribution in [0.2, 0.25) is 0 Å². The van der Waals surface area contributed by atoms with Crippen molar-refractivity contribution in [1.82, 2.24) is 9.55 Å². The summed E-state index contributed by atoms with van der Waals surface area (Å²) in [5.41, 5.74) is 1.07. The van der Waals surface area contributed by atoms with Gasteiger partial charge >= 0.3 is 11.4 Å². The van der Waals surface area contributed by atoms with Crippen LogP contribution in [0.3, 0.4) is 0 Å². The largest absolute Gasteiger partial charge is 0.458 e. The number of carbonyl (C=O) groups is 2. The van der Waals surface area contributed by atoms with Crippen molar-refractivity contribution in [2.24, 2.45) is 0 Å². The first-order valence-corrected chi connectivity index (χ1v) is 11.2. The van der Waals surface area contributed by atoms with Gasteiger partial charge in [-0.2, -0.15) is 0 Å². The first-order chi connectivity index (χ1) is 15.8. The molecule has 0 bridgehead atoms. The van der Waals surface area contributed by atoms with E-state index in [1.165, 1.54) is 0 Å². The van der Waals surface area contributed by atoms with Gasteiger partial charge in [-0.05, 0) is 42.7 Å². The van der Waals surface area contributed by atoms with Crippen LogP contribution in [-0.2, 0) is 34.7 Å². The number of benzene rings is 1. The summed E-state index contributed by atoms with van der Waals surface area (Å²) in [7, 11) is 0. The summed E-state index contributed by atoms with van der Waals surface area (Å²) in [6, 6.07) is 7.05. The molecule has 2 aromatic heterocycles. The number of rotatable bonds is 4. The Morgan fingerprint density at radius 1 is 1.27 bits per heavy atom. The van der Waals surface area contributed by atoms with Crippen molar-refractivity contribution in [2.45, 2.75) is 51.9 Å². The number of aryl methyl sites for hydroxylation is 1. The van der Waals surface area contributed by atoms with Gasteiger partial charge in [0.1, 0.15) is 12.4 Å². The number of aliphatic hydroxyl groups is 1. The highest BCUT2D eigenvalue weighted by Gasteiger charge is 2.45. The van der Waals surface area contributed by atoms with Crippen LogP contribution in [0, 0.1) is 0 Å². The molecule has 0 unspecified atom stereocenters. The molecule has 0 fully saturated rings. The molecule has 33 heavy (non-hydrogen) atoms. The van der Waals surface area contributed by atoms with E-state index in [1.54, 1.807) is 29.7 Å². The average Bonchev–Trinajstić information content (AvgIpc) is 3.13. The molecule has 3 aromatic rings. The molecule has 170 valence electrons. The van der Waals surface area contributed by atoms with Crippen molar-refractivity contribution in [1.29, 1.82) is 0 Å². The number of esters is 1. The van der Waals surface area contributed by atoms with Crippen LogP contribution in [-0.4, -0.2) is 26.1 Å². The van der Waals surface area contributed by atoms with E-state index >= 15 is 0 Å². The Morgan fingerprint density at radius 2 is 2.06 bits per heavy atom. The van der Waals surface area contributed by atoms with Gasteiger partial charge in [-0.25, -0.2) is 14.6 Å². The molecule has 2 aliphatic rings. The highest BCUT2D eigenvalue weighted by atomic mass is 35.5. The van der Waals surface area contributed by atoms with Gasteiger partial charge in [0.25, 0.3) is 5.56 Å². The zero-order chi connectivity index (χ0) is 23.5. The first-order valence-electron chi connectivity index (χ1n) is 10.8. The number of pyridine rings is 2. The van der Waals surface area contributed by atoms with Gasteiger partial charge in [0.2, 0.25) is 0 Å². The average molecular weight is 469 g/mol. The van der Waals surface area contributed by atoms with Gasteiger partial charge in [0.05, 0.1) is 29.0 Å². The second-order valence-electron chi connectivity index (χ2n) is 8.34. The minimum Gasteiger partial charge on any atom is -0.458 e. The zero-order valence-corrected chi connectivity index (χ0v) is 18.9. The van der Waals surface area contributed by atoms with E-state index in [1.807, 2.05) is 13.0 Å². The number of fused-ring (bicyclic) bond motifs is 5. The lowest BCUT2D eigenvalue weighted by atomic mass is 9.86. The summed E-state index contributed by atoms with van der Waals surface area (Å²) in [5.74, 6) is -0.419. The van der Waals surface area contributed by atoms with Gasteiger partial charge in [0.15, 0.2) is 5.60 Å². The molecule has 5 rings (SSSR count). The molecule has 0 saturated heterocycles. The second-order valence-corrected chi connectivity index (χ2v) is 8.65. The Morgan fingerprint density at radius 3 is 2.76 bits per heavy atom. The molecule has 2 aliphatic heterocycles. The molecule has 0 radical (unpaired) electrons. The van der Waals surface area contributed by atoms with Crippen LogP contribution in [0.1, 0.15) is 48.9 Å². The van der Waals surface area contributed by atoms with Crippen LogP contribution in [0.5, 0.6) is 5.75 Å². The molecule has 0 spiro atoms. The van der Waals surface area contributed by atoms with E-state index in [9.17, 15) is 19.5 Å². The van der Waals surface area contributed by atoms with Gasteiger partial charge in [-0.3, -0.25) is 4.79 Å². The Bertz CT molecular complexity index is 1410. The molecule has 1 aromatic carbocycles. The number of cyclic esters (lactones) is 1. The summed E-state index contributed by atoms with van der Waals surface area (Å²) < 4.78 is 11.8. The summed E-state index contributed by atoms with van der Waals surface area (Å²) in [4.78, 5) is 41.7. The fourth-order valence-corrected chi connectivity index (χ4v) is 4.84. The van der Waals surface area contributed by atoms with Crippen LogP contribution < -0.4 is 10.3 Å². The molecular formula is C24H21ClN2O6. The Kier molecular flexibility index (Phi) is 5.02. The third-order valence-electron chi connectivity index (χ3n) is 6.38. The number of hydrogen-bond acceptors (Lipinski definition) is 7. The predicted molar refractivity (Wildman–Crippen MR) is 120 cm³/mol. The van der Waals surface area contributed by atoms with Crippen LogP contribution in [0.25, 0.3) is 22.3 Å². The summed E-state index contributed by atoms with van der Waals surface area (Å²) in [6.07, 6.45) is 1.64. The standard InChI is InChI=1S/C24H21ClN2O6/c1-3-5-12-7-15(33-23(25)30)8-13-6-14-10-27-18(20(14)26-19(12)13)9-17-16(21(27)28)11-32-22(29)24(17,31)4-2/h6-9,31H,3-5,10-11H2,1-2H3/t24-/m0/s1. The molecule has 9 heteroatoms. The van der Waals surface area contributed by atoms with Crippen molar-refractivity contribution in [3.63, 3.8) is 0 Å². The lowest BCUT2D eigenvalue weighted by molar-refractivity contribution is -0.172. The lowest BCUT2D eigenvalue weighted by Gasteiger charge is -2.31. The third-order valence-corrected chi connectivity index (χ3v) is 6.46. The maximum Gasteiger partial charge on any atom is 0.409 e.